The van der Waals surface area contributed by atoms with Gasteiger partial charge in [-0.2, -0.15) is 0 Å². The van der Waals surface area contributed by atoms with E-state index in [4.69, 9.17) is 0 Å². The van der Waals surface area contributed by atoms with Gasteiger partial charge in [-0.1, -0.05) is 13.8 Å². The van der Waals surface area contributed by atoms with Gasteiger partial charge in [-0.15, -0.1) is 0 Å². The Morgan fingerprint density at radius 2 is 0.708 bits per heavy atom. The summed E-state index contributed by atoms with van der Waals surface area (Å²) in [5.41, 5.74) is -0.475. The van der Waals surface area contributed by atoms with Crippen LogP contribution in [0.4, 0.5) is 0 Å². The SMILES string of the molecule is CC.Cn1c2c(O)c(O)c(O)c(O)c2c2c(O)c(O)c(O)c(O)c21. The van der Waals surface area contributed by atoms with Gasteiger partial charge in [0, 0.05) is 7.05 Å². The van der Waals surface area contributed by atoms with E-state index in [9.17, 15) is 40.9 Å². The number of aromatic nitrogens is 1. The highest BCUT2D eigenvalue weighted by molar-refractivity contribution is 6.19. The van der Waals surface area contributed by atoms with Crippen LogP contribution < -0.4 is 0 Å². The van der Waals surface area contributed by atoms with Crippen LogP contribution in [0.5, 0.6) is 46.0 Å². The highest BCUT2D eigenvalue weighted by Crippen LogP contribution is 2.57. The van der Waals surface area contributed by atoms with Crippen molar-refractivity contribution < 1.29 is 40.9 Å². The van der Waals surface area contributed by atoms with Gasteiger partial charge in [0.2, 0.25) is 23.0 Å². The van der Waals surface area contributed by atoms with Crippen molar-refractivity contribution >= 4 is 21.8 Å². The van der Waals surface area contributed by atoms with Crippen LogP contribution in [-0.4, -0.2) is 45.4 Å². The third-order valence-corrected chi connectivity index (χ3v) is 3.66. The lowest BCUT2D eigenvalue weighted by Crippen LogP contribution is -1.89. The standard InChI is InChI=1S/C13H11NO8.C2H6/c1-14-4-2(6(15)10(19)12(21)8(4)17)3-5(14)9(18)13(22)11(20)7(3)16;1-2/h15-22H,1H3;1-2H3. The maximum Gasteiger partial charge on any atom is 0.206 e. The van der Waals surface area contributed by atoms with Crippen molar-refractivity contribution in [3.63, 3.8) is 0 Å². The predicted molar refractivity (Wildman–Crippen MR) is 85.1 cm³/mol. The van der Waals surface area contributed by atoms with Gasteiger partial charge in [-0.3, -0.25) is 0 Å². The van der Waals surface area contributed by atoms with E-state index < -0.39 is 46.0 Å². The molecule has 0 radical (unpaired) electrons. The molecule has 0 aliphatic heterocycles. The average Bonchev–Trinajstić information content (AvgIpc) is 2.89. The molecule has 0 unspecified atom stereocenters. The summed E-state index contributed by atoms with van der Waals surface area (Å²) in [6.07, 6.45) is 0. The van der Waals surface area contributed by atoms with E-state index in [-0.39, 0.29) is 21.8 Å². The van der Waals surface area contributed by atoms with E-state index >= 15 is 0 Å². The summed E-state index contributed by atoms with van der Waals surface area (Å²) in [6, 6.07) is 0. The first kappa shape index (κ1) is 17.0. The van der Waals surface area contributed by atoms with Gasteiger partial charge in [0.1, 0.15) is 0 Å². The zero-order chi connectivity index (χ0) is 18.5. The summed E-state index contributed by atoms with van der Waals surface area (Å²) < 4.78 is 1.06. The van der Waals surface area contributed by atoms with E-state index in [0.29, 0.717) is 0 Å². The number of phenols is 8. The molecule has 9 heteroatoms. The lowest BCUT2D eigenvalue weighted by atomic mass is 10.1. The van der Waals surface area contributed by atoms with Crippen LogP contribution in [0.2, 0.25) is 0 Å². The summed E-state index contributed by atoms with van der Waals surface area (Å²) in [6.45, 7) is 4.00. The quantitative estimate of drug-likeness (QED) is 0.227. The number of phenolic OH excluding ortho intramolecular Hbond substituents is 8. The summed E-state index contributed by atoms with van der Waals surface area (Å²) in [4.78, 5) is 0. The van der Waals surface area contributed by atoms with Gasteiger partial charge < -0.3 is 45.4 Å². The Bertz CT molecular complexity index is 897. The first-order valence-corrected chi connectivity index (χ1v) is 6.93. The molecule has 0 saturated heterocycles. The van der Waals surface area contributed by atoms with E-state index in [1.54, 1.807) is 0 Å². The Hall–Kier alpha value is -3.36. The molecule has 8 N–H and O–H groups in total. The molecular weight excluding hydrogens is 322 g/mol. The van der Waals surface area contributed by atoms with Crippen molar-refractivity contribution in [2.24, 2.45) is 7.05 Å². The van der Waals surface area contributed by atoms with Crippen LogP contribution in [0.15, 0.2) is 0 Å². The molecule has 3 aromatic rings. The van der Waals surface area contributed by atoms with Crippen LogP contribution in [-0.2, 0) is 7.05 Å². The molecule has 9 nitrogen and oxygen atoms in total. The molecule has 3 rings (SSSR count). The normalized spacial score (nSPS) is 10.8. The minimum Gasteiger partial charge on any atom is -0.504 e. The first-order chi connectivity index (χ1) is 11.2. The summed E-state index contributed by atoms with van der Waals surface area (Å²) in [5.74, 6) is -7.46. The molecule has 0 atom stereocenters. The summed E-state index contributed by atoms with van der Waals surface area (Å²) in [5, 5.41) is 77.6. The van der Waals surface area contributed by atoms with Crippen LogP contribution in [0.3, 0.4) is 0 Å². The third-order valence-electron chi connectivity index (χ3n) is 3.66. The number of rotatable bonds is 0. The number of benzene rings is 2. The van der Waals surface area contributed by atoms with Crippen molar-refractivity contribution in [1.29, 1.82) is 0 Å². The number of aromatic hydroxyl groups is 8. The van der Waals surface area contributed by atoms with Crippen molar-refractivity contribution in [1.82, 2.24) is 4.57 Å². The minimum atomic E-state index is -1.04. The fraction of sp³-hybridized carbons (Fsp3) is 0.200. The molecule has 0 aliphatic rings. The van der Waals surface area contributed by atoms with Crippen molar-refractivity contribution in [2.75, 3.05) is 0 Å². The van der Waals surface area contributed by atoms with Crippen molar-refractivity contribution in [2.45, 2.75) is 13.8 Å². The maximum atomic E-state index is 9.98. The Kier molecular flexibility index (Phi) is 3.81. The van der Waals surface area contributed by atoms with Gasteiger partial charge in [-0.05, 0) is 0 Å². The number of hydrogen-bond donors (Lipinski definition) is 8. The zero-order valence-electron chi connectivity index (χ0n) is 13.0. The second-order valence-electron chi connectivity index (χ2n) is 4.80. The molecule has 1 aromatic heterocycles. The van der Waals surface area contributed by atoms with E-state index in [2.05, 4.69) is 0 Å². The van der Waals surface area contributed by atoms with Crippen molar-refractivity contribution in [3.8, 4) is 46.0 Å². The monoisotopic (exact) mass is 339 g/mol. The van der Waals surface area contributed by atoms with Crippen LogP contribution in [0.25, 0.3) is 21.8 Å². The first-order valence-electron chi connectivity index (χ1n) is 6.93. The summed E-state index contributed by atoms with van der Waals surface area (Å²) in [7, 11) is 1.30. The molecule has 0 bridgehead atoms. The Morgan fingerprint density at radius 1 is 0.458 bits per heavy atom. The molecule has 0 fully saturated rings. The minimum absolute atomic E-state index is 0.238. The number of hydrogen-bond acceptors (Lipinski definition) is 8. The molecule has 0 spiro atoms. The van der Waals surface area contributed by atoms with Crippen LogP contribution >= 0.6 is 0 Å². The predicted octanol–water partition coefficient (Wildman–Crippen LogP) is 2.00. The van der Waals surface area contributed by atoms with Gasteiger partial charge in [0.25, 0.3) is 0 Å². The van der Waals surface area contributed by atoms with Crippen LogP contribution in [0, 0.1) is 0 Å². The molecule has 2 aromatic carbocycles. The molecule has 0 saturated carbocycles. The topological polar surface area (TPSA) is 167 Å². The van der Waals surface area contributed by atoms with E-state index in [1.165, 1.54) is 7.05 Å². The Balaban J connectivity index is 0.00000100. The molecule has 24 heavy (non-hydrogen) atoms. The van der Waals surface area contributed by atoms with Gasteiger partial charge >= 0.3 is 0 Å². The largest absolute Gasteiger partial charge is 0.504 e. The number of aryl methyl sites for hydroxylation is 1. The maximum absolute atomic E-state index is 9.98. The molecule has 130 valence electrons. The summed E-state index contributed by atoms with van der Waals surface area (Å²) >= 11 is 0. The number of nitrogens with zero attached hydrogens (tertiary/aromatic N) is 1. The Morgan fingerprint density at radius 3 is 1.00 bits per heavy atom. The van der Waals surface area contributed by atoms with E-state index in [1.807, 2.05) is 13.8 Å². The zero-order valence-corrected chi connectivity index (χ0v) is 13.0. The molecule has 0 aliphatic carbocycles. The van der Waals surface area contributed by atoms with Crippen LogP contribution in [0.1, 0.15) is 13.8 Å². The highest BCUT2D eigenvalue weighted by atomic mass is 16.4. The lowest BCUT2D eigenvalue weighted by Gasteiger charge is -2.07. The number of fused-ring (bicyclic) bond motifs is 3. The fourth-order valence-corrected chi connectivity index (χ4v) is 2.61. The van der Waals surface area contributed by atoms with Gasteiger partial charge in [0.05, 0.1) is 21.8 Å². The molecule has 1 heterocycles. The highest BCUT2D eigenvalue weighted by Gasteiger charge is 2.30. The lowest BCUT2D eigenvalue weighted by molar-refractivity contribution is 0.350. The van der Waals surface area contributed by atoms with E-state index in [0.717, 1.165) is 4.57 Å². The third kappa shape index (κ3) is 1.81. The second-order valence-corrected chi connectivity index (χ2v) is 4.80. The smallest absolute Gasteiger partial charge is 0.206 e. The average molecular weight is 339 g/mol. The molecule has 0 amide bonds. The second kappa shape index (κ2) is 5.37. The molecular formula is C15H17NO8. The Labute approximate surface area is 135 Å². The fourth-order valence-electron chi connectivity index (χ4n) is 2.61. The van der Waals surface area contributed by atoms with Gasteiger partial charge in [-0.25, -0.2) is 0 Å². The van der Waals surface area contributed by atoms with Crippen molar-refractivity contribution in [3.05, 3.63) is 0 Å². The van der Waals surface area contributed by atoms with Gasteiger partial charge in [0.15, 0.2) is 23.0 Å².